The first-order valence-corrected chi connectivity index (χ1v) is 3.51. The SMILES string of the molecule is NCC(=O)[O-].NCC(=O)[O-].NCC(=O)[O-].[B+3]. The van der Waals surface area contributed by atoms with Crippen LogP contribution < -0.4 is 32.5 Å². The molecule has 90 valence electrons. The number of aliphatic carboxylic acids is 3. The smallest absolute Gasteiger partial charge is 0.549 e. The van der Waals surface area contributed by atoms with E-state index in [9.17, 15) is 0 Å². The molecule has 0 fully saturated rings. The van der Waals surface area contributed by atoms with Crippen molar-refractivity contribution in [2.75, 3.05) is 19.6 Å². The monoisotopic (exact) mass is 233 g/mol. The molecule has 0 aromatic rings. The molecule has 0 aromatic heterocycles. The van der Waals surface area contributed by atoms with Gasteiger partial charge in [0.05, 0.1) is 17.9 Å². The van der Waals surface area contributed by atoms with Crippen molar-refractivity contribution in [2.24, 2.45) is 17.2 Å². The summed E-state index contributed by atoms with van der Waals surface area (Å²) in [5, 5.41) is 27.4. The molecule has 0 atom stereocenters. The van der Waals surface area contributed by atoms with Crippen LogP contribution in [0.25, 0.3) is 0 Å². The van der Waals surface area contributed by atoms with Crippen LogP contribution in [0.1, 0.15) is 0 Å². The number of carbonyl (C=O) groups is 3. The summed E-state index contributed by atoms with van der Waals surface area (Å²) in [5.41, 5.74) is 13.5. The average molecular weight is 233 g/mol. The minimum atomic E-state index is -1.22. The van der Waals surface area contributed by atoms with Gasteiger partial charge in [0.1, 0.15) is 0 Å². The first-order chi connectivity index (χ1) is 6.81. The van der Waals surface area contributed by atoms with E-state index < -0.39 is 17.9 Å². The van der Waals surface area contributed by atoms with E-state index in [-0.39, 0.29) is 28.0 Å². The predicted octanol–water partition coefficient (Wildman–Crippen LogP) is -7.30. The second-order valence-electron chi connectivity index (χ2n) is 1.73. The topological polar surface area (TPSA) is 198 Å². The third-order valence-corrected chi connectivity index (χ3v) is 0.500. The summed E-state index contributed by atoms with van der Waals surface area (Å²) in [6.07, 6.45) is 0. The summed E-state index contributed by atoms with van der Waals surface area (Å²) in [7, 11) is 0. The van der Waals surface area contributed by atoms with Crippen LogP contribution in [-0.4, -0.2) is 46.0 Å². The Bertz CT molecular complexity index is 167. The zero-order chi connectivity index (χ0) is 12.9. The van der Waals surface area contributed by atoms with Crippen molar-refractivity contribution >= 4 is 26.3 Å². The molecule has 0 saturated carbocycles. The van der Waals surface area contributed by atoms with E-state index >= 15 is 0 Å². The number of carboxylic acid groups (broad SMARTS) is 3. The maximum atomic E-state index is 9.13. The molecule has 0 aliphatic carbocycles. The zero-order valence-corrected chi connectivity index (χ0v) is 8.38. The quantitative estimate of drug-likeness (QED) is 0.396. The summed E-state index contributed by atoms with van der Waals surface area (Å²) in [5.74, 6) is -3.65. The fraction of sp³-hybridized carbons (Fsp3) is 0.500. The summed E-state index contributed by atoms with van der Waals surface area (Å²) in [4.78, 5) is 27.4. The Hall–Kier alpha value is -1.65. The first-order valence-electron chi connectivity index (χ1n) is 3.51. The maximum Gasteiger partial charge on any atom is 3.00 e. The van der Waals surface area contributed by atoms with Crippen molar-refractivity contribution in [3.8, 4) is 0 Å². The second-order valence-corrected chi connectivity index (χ2v) is 1.73. The van der Waals surface area contributed by atoms with Crippen LogP contribution in [0.2, 0.25) is 0 Å². The third-order valence-electron chi connectivity index (χ3n) is 0.500. The van der Waals surface area contributed by atoms with E-state index in [0.29, 0.717) is 0 Å². The predicted molar refractivity (Wildman–Crippen MR) is 47.9 cm³/mol. The minimum Gasteiger partial charge on any atom is -0.549 e. The molecule has 9 nitrogen and oxygen atoms in total. The normalized spacial score (nSPS) is 6.94. The van der Waals surface area contributed by atoms with Gasteiger partial charge in [-0.2, -0.15) is 0 Å². The molecule has 0 aliphatic rings. The number of hydrogen-bond acceptors (Lipinski definition) is 9. The van der Waals surface area contributed by atoms with Crippen LogP contribution >= 0.6 is 0 Å². The fourth-order valence-electron chi connectivity index (χ4n) is 0. The Morgan fingerprint density at radius 2 is 0.750 bits per heavy atom. The molecule has 0 saturated heterocycles. The minimum absolute atomic E-state index is 0. The van der Waals surface area contributed by atoms with Gasteiger partial charge in [0, 0.05) is 19.6 Å². The van der Waals surface area contributed by atoms with Crippen LogP contribution in [0.4, 0.5) is 0 Å². The molecule has 0 heterocycles. The molecule has 0 spiro atoms. The molecule has 0 aliphatic heterocycles. The van der Waals surface area contributed by atoms with E-state index in [1.807, 2.05) is 0 Å². The van der Waals surface area contributed by atoms with Crippen LogP contribution in [-0.2, 0) is 14.4 Å². The molecular formula is C6H12BN3O6. The third kappa shape index (κ3) is 84.0. The Kier molecular flexibility index (Phi) is 28.4. The van der Waals surface area contributed by atoms with Gasteiger partial charge >= 0.3 is 8.41 Å². The van der Waals surface area contributed by atoms with Crippen molar-refractivity contribution < 1.29 is 29.7 Å². The number of carbonyl (C=O) groups excluding carboxylic acids is 3. The molecule has 0 unspecified atom stereocenters. The van der Waals surface area contributed by atoms with Crippen molar-refractivity contribution in [1.82, 2.24) is 0 Å². The van der Waals surface area contributed by atoms with Crippen LogP contribution in [0.5, 0.6) is 0 Å². The van der Waals surface area contributed by atoms with Crippen LogP contribution in [0.3, 0.4) is 0 Å². The van der Waals surface area contributed by atoms with E-state index in [4.69, 9.17) is 29.7 Å². The summed E-state index contributed by atoms with van der Waals surface area (Å²) < 4.78 is 0. The van der Waals surface area contributed by atoms with Crippen molar-refractivity contribution in [3.63, 3.8) is 0 Å². The average Bonchev–Trinajstić information content (AvgIpc) is 2.19. The molecular weight excluding hydrogens is 221 g/mol. The van der Waals surface area contributed by atoms with Gasteiger partial charge in [0.2, 0.25) is 0 Å². The summed E-state index contributed by atoms with van der Waals surface area (Å²) >= 11 is 0. The Morgan fingerprint density at radius 1 is 0.688 bits per heavy atom. The Balaban J connectivity index is -0.0000000655. The van der Waals surface area contributed by atoms with E-state index in [1.165, 1.54) is 0 Å². The Labute approximate surface area is 93.8 Å². The summed E-state index contributed by atoms with van der Waals surface area (Å²) in [6.45, 7) is -1.17. The van der Waals surface area contributed by atoms with Gasteiger partial charge in [0.15, 0.2) is 0 Å². The molecule has 0 radical (unpaired) electrons. The number of hydrogen-bond donors (Lipinski definition) is 3. The first kappa shape index (κ1) is 23.9. The largest absolute Gasteiger partial charge is 3.00 e. The maximum absolute atomic E-state index is 9.13. The van der Waals surface area contributed by atoms with Gasteiger partial charge in [-0.1, -0.05) is 0 Å². The molecule has 10 heteroatoms. The van der Waals surface area contributed by atoms with Gasteiger partial charge in [-0.25, -0.2) is 0 Å². The standard InChI is InChI=1S/3C2H5NO2.B/c3*3-1-2(4)5;/h3*1,3H2,(H,4,5);/q;;;+3/p-3. The number of rotatable bonds is 3. The fourth-order valence-corrected chi connectivity index (χ4v) is 0. The van der Waals surface area contributed by atoms with Crippen molar-refractivity contribution in [3.05, 3.63) is 0 Å². The van der Waals surface area contributed by atoms with E-state index in [1.54, 1.807) is 0 Å². The van der Waals surface area contributed by atoms with Crippen molar-refractivity contribution in [2.45, 2.75) is 0 Å². The number of carboxylic acids is 3. The molecule has 0 aromatic carbocycles. The second kappa shape index (κ2) is 19.0. The molecule has 0 amide bonds. The summed E-state index contributed by atoms with van der Waals surface area (Å²) in [6, 6.07) is 0. The van der Waals surface area contributed by atoms with Gasteiger partial charge in [0.25, 0.3) is 0 Å². The van der Waals surface area contributed by atoms with Gasteiger partial charge in [-0.15, -0.1) is 0 Å². The van der Waals surface area contributed by atoms with Crippen LogP contribution in [0, 0.1) is 0 Å². The van der Waals surface area contributed by atoms with Crippen molar-refractivity contribution in [1.29, 1.82) is 0 Å². The molecule has 0 rings (SSSR count). The zero-order valence-electron chi connectivity index (χ0n) is 8.38. The van der Waals surface area contributed by atoms with Gasteiger partial charge in [-0.05, 0) is 0 Å². The van der Waals surface area contributed by atoms with Gasteiger partial charge in [-0.3, -0.25) is 0 Å². The molecule has 0 bridgehead atoms. The molecule has 6 N–H and O–H groups in total. The Morgan fingerprint density at radius 3 is 0.750 bits per heavy atom. The van der Waals surface area contributed by atoms with E-state index in [0.717, 1.165) is 0 Å². The number of nitrogens with two attached hydrogens (primary N) is 3. The van der Waals surface area contributed by atoms with Crippen LogP contribution in [0.15, 0.2) is 0 Å². The molecule has 16 heavy (non-hydrogen) atoms. The van der Waals surface area contributed by atoms with Gasteiger partial charge < -0.3 is 46.9 Å². The van der Waals surface area contributed by atoms with E-state index in [2.05, 4.69) is 17.2 Å².